The molecule has 28 heavy (non-hydrogen) atoms. The molecule has 3 rings (SSSR count). The quantitative estimate of drug-likeness (QED) is 0.226. The van der Waals surface area contributed by atoms with Crippen molar-refractivity contribution in [2.45, 2.75) is 4.90 Å². The predicted molar refractivity (Wildman–Crippen MR) is 106 cm³/mol. The van der Waals surface area contributed by atoms with Gasteiger partial charge in [0, 0.05) is 17.7 Å². The molecule has 0 atom stereocenters. The molecule has 0 bridgehead atoms. The van der Waals surface area contributed by atoms with Gasteiger partial charge in [0.25, 0.3) is 15.8 Å². The summed E-state index contributed by atoms with van der Waals surface area (Å²) in [6.07, 6.45) is 0. The maximum absolute atomic E-state index is 10.5. The van der Waals surface area contributed by atoms with Crippen molar-refractivity contribution in [3.05, 3.63) is 101 Å². The normalized spacial score (nSPS) is 11.2. The fourth-order valence-electron chi connectivity index (χ4n) is 2.05. The van der Waals surface area contributed by atoms with Crippen LogP contribution < -0.4 is 5.73 Å². The van der Waals surface area contributed by atoms with Gasteiger partial charge in [0.05, 0.1) is 15.5 Å². The van der Waals surface area contributed by atoms with E-state index in [2.05, 4.69) is 4.99 Å². The van der Waals surface area contributed by atoms with Gasteiger partial charge in [-0.05, 0) is 24.3 Å². The van der Waals surface area contributed by atoms with Crippen molar-refractivity contribution in [3.8, 4) is 0 Å². The number of hydrogen-bond donors (Lipinski definition) is 2. The van der Waals surface area contributed by atoms with Gasteiger partial charge in [0.15, 0.2) is 0 Å². The largest absolute Gasteiger partial charge is 0.383 e. The lowest BCUT2D eigenvalue weighted by atomic mass is 10.2. The van der Waals surface area contributed by atoms with E-state index in [-0.39, 0.29) is 10.6 Å². The van der Waals surface area contributed by atoms with Gasteiger partial charge in [-0.25, -0.2) is 4.99 Å². The first-order valence-electron chi connectivity index (χ1n) is 7.94. The second-order valence-electron chi connectivity index (χ2n) is 5.42. The fourth-order valence-corrected chi connectivity index (χ4v) is 2.55. The van der Waals surface area contributed by atoms with Crippen LogP contribution >= 0.6 is 0 Å². The number of rotatable bonds is 4. The van der Waals surface area contributed by atoms with Gasteiger partial charge in [0.1, 0.15) is 5.84 Å². The van der Waals surface area contributed by atoms with E-state index >= 15 is 0 Å². The van der Waals surface area contributed by atoms with Crippen LogP contribution in [0.15, 0.2) is 94.8 Å². The molecule has 0 saturated carbocycles. The maximum Gasteiger partial charge on any atom is 0.294 e. The Morgan fingerprint density at radius 2 is 1.39 bits per heavy atom. The Hall–Kier alpha value is -3.56. The molecule has 0 aliphatic carbocycles. The van der Waals surface area contributed by atoms with Crippen molar-refractivity contribution in [2.75, 3.05) is 0 Å². The maximum atomic E-state index is 10.5. The van der Waals surface area contributed by atoms with Crippen LogP contribution in [0.25, 0.3) is 0 Å². The Morgan fingerprint density at radius 3 is 1.82 bits per heavy atom. The zero-order valence-corrected chi connectivity index (χ0v) is 15.4. The highest BCUT2D eigenvalue weighted by atomic mass is 32.2. The van der Waals surface area contributed by atoms with Crippen molar-refractivity contribution >= 4 is 27.3 Å². The molecule has 0 aromatic heterocycles. The third-order valence-electron chi connectivity index (χ3n) is 3.42. The molecule has 0 heterocycles. The summed E-state index contributed by atoms with van der Waals surface area (Å²) < 4.78 is 29.2. The Bertz CT molecular complexity index is 1050. The molecule has 3 aromatic carbocycles. The number of non-ortho nitro benzene ring substituents is 1. The summed E-state index contributed by atoms with van der Waals surface area (Å²) in [5.74, 6) is 0.379. The van der Waals surface area contributed by atoms with Crippen molar-refractivity contribution in [2.24, 2.45) is 10.7 Å². The highest BCUT2D eigenvalue weighted by molar-refractivity contribution is 7.85. The monoisotopic (exact) mass is 399 g/mol. The number of aliphatic imine (C=N–C) groups is 1. The minimum Gasteiger partial charge on any atom is -0.383 e. The SMILES string of the molecule is NC(=Nc1ccc([N+](=O)[O-])cc1)c1ccccc1.O=S(=O)(O)c1ccccc1. The molecular weight excluding hydrogens is 382 g/mol. The van der Waals surface area contributed by atoms with E-state index in [0.717, 1.165) is 5.56 Å². The van der Waals surface area contributed by atoms with Crippen molar-refractivity contribution in [1.29, 1.82) is 0 Å². The van der Waals surface area contributed by atoms with Crippen LogP contribution in [0.4, 0.5) is 11.4 Å². The van der Waals surface area contributed by atoms with Gasteiger partial charge >= 0.3 is 0 Å². The first-order valence-corrected chi connectivity index (χ1v) is 9.38. The van der Waals surface area contributed by atoms with Crippen LogP contribution in [0.3, 0.4) is 0 Å². The topological polar surface area (TPSA) is 136 Å². The molecule has 0 unspecified atom stereocenters. The van der Waals surface area contributed by atoms with E-state index in [1.807, 2.05) is 30.3 Å². The van der Waals surface area contributed by atoms with Gasteiger partial charge in [0.2, 0.25) is 0 Å². The lowest BCUT2D eigenvalue weighted by Crippen LogP contribution is -2.12. The first kappa shape index (κ1) is 20.7. The van der Waals surface area contributed by atoms with Gasteiger partial charge in [-0.3, -0.25) is 14.7 Å². The Labute approximate surface area is 161 Å². The molecule has 0 aliphatic rings. The molecule has 0 amide bonds. The number of benzene rings is 3. The molecule has 3 aromatic rings. The van der Waals surface area contributed by atoms with Crippen LogP contribution in [0.2, 0.25) is 0 Å². The summed E-state index contributed by atoms with van der Waals surface area (Å²) in [5, 5.41) is 10.5. The fraction of sp³-hybridized carbons (Fsp3) is 0. The van der Waals surface area contributed by atoms with Crippen LogP contribution in [-0.2, 0) is 10.1 Å². The molecular formula is C19H17N3O5S. The molecule has 0 aliphatic heterocycles. The number of nitrogens with zero attached hydrogens (tertiary/aromatic N) is 2. The summed E-state index contributed by atoms with van der Waals surface area (Å²) >= 11 is 0. The number of hydrogen-bond acceptors (Lipinski definition) is 5. The zero-order valence-electron chi connectivity index (χ0n) is 14.5. The first-order chi connectivity index (χ1) is 13.3. The summed E-state index contributed by atoms with van der Waals surface area (Å²) in [6, 6.07) is 22.7. The third-order valence-corrected chi connectivity index (χ3v) is 4.29. The highest BCUT2D eigenvalue weighted by Crippen LogP contribution is 2.18. The van der Waals surface area contributed by atoms with E-state index in [1.54, 1.807) is 30.3 Å². The second-order valence-corrected chi connectivity index (χ2v) is 6.85. The minimum atomic E-state index is -4.00. The molecule has 144 valence electrons. The van der Waals surface area contributed by atoms with Gasteiger partial charge in [-0.2, -0.15) is 8.42 Å². The molecule has 0 saturated heterocycles. The van der Waals surface area contributed by atoms with Crippen LogP contribution in [0.1, 0.15) is 5.56 Å². The third kappa shape index (κ3) is 6.31. The summed E-state index contributed by atoms with van der Waals surface area (Å²) in [4.78, 5) is 14.2. The van der Waals surface area contributed by atoms with E-state index < -0.39 is 15.0 Å². The van der Waals surface area contributed by atoms with Gasteiger partial charge in [-0.1, -0.05) is 48.5 Å². The van der Waals surface area contributed by atoms with Crippen LogP contribution in [0, 0.1) is 10.1 Å². The molecule has 3 N–H and O–H groups in total. The zero-order chi connectivity index (χ0) is 20.6. The molecule has 0 radical (unpaired) electrons. The number of nitrogens with two attached hydrogens (primary N) is 1. The highest BCUT2D eigenvalue weighted by Gasteiger charge is 2.06. The summed E-state index contributed by atoms with van der Waals surface area (Å²) in [5.41, 5.74) is 7.28. The van der Waals surface area contributed by atoms with E-state index in [1.165, 1.54) is 24.3 Å². The molecule has 0 spiro atoms. The standard InChI is InChI=1S/C13H11N3O2.C6H6O3S/c14-13(10-4-2-1-3-5-10)15-11-6-8-12(9-7-11)16(17)18;7-10(8,9)6-4-2-1-3-5-6/h1-9H,(H2,14,15);1-5H,(H,7,8,9). The van der Waals surface area contributed by atoms with E-state index in [9.17, 15) is 18.5 Å². The summed E-state index contributed by atoms with van der Waals surface area (Å²) in [6.45, 7) is 0. The van der Waals surface area contributed by atoms with E-state index in [4.69, 9.17) is 10.3 Å². The average Bonchev–Trinajstić information content (AvgIpc) is 2.69. The van der Waals surface area contributed by atoms with Crippen molar-refractivity contribution in [1.82, 2.24) is 0 Å². The summed E-state index contributed by atoms with van der Waals surface area (Å²) in [7, 11) is -4.00. The Balaban J connectivity index is 0.000000237. The van der Waals surface area contributed by atoms with Gasteiger partial charge in [-0.15, -0.1) is 0 Å². The minimum absolute atomic E-state index is 0.0345. The van der Waals surface area contributed by atoms with Crippen LogP contribution in [-0.4, -0.2) is 23.7 Å². The predicted octanol–water partition coefficient (Wildman–Crippen LogP) is 3.57. The van der Waals surface area contributed by atoms with Crippen molar-refractivity contribution < 1.29 is 17.9 Å². The van der Waals surface area contributed by atoms with Crippen molar-refractivity contribution in [3.63, 3.8) is 0 Å². The smallest absolute Gasteiger partial charge is 0.294 e. The number of amidine groups is 1. The lowest BCUT2D eigenvalue weighted by molar-refractivity contribution is -0.384. The number of nitro benzene ring substituents is 1. The molecule has 9 heteroatoms. The Morgan fingerprint density at radius 1 is 0.893 bits per heavy atom. The average molecular weight is 399 g/mol. The van der Waals surface area contributed by atoms with Gasteiger partial charge < -0.3 is 5.73 Å². The van der Waals surface area contributed by atoms with E-state index in [0.29, 0.717) is 11.5 Å². The lowest BCUT2D eigenvalue weighted by Gasteiger charge is -2.00. The number of nitro groups is 1. The molecule has 8 nitrogen and oxygen atoms in total. The second kappa shape index (κ2) is 9.40. The van der Waals surface area contributed by atoms with Crippen LogP contribution in [0.5, 0.6) is 0 Å². The molecule has 0 fully saturated rings. The Kier molecular flexibility index (Phi) is 6.96.